The molecule has 26 heavy (non-hydrogen) atoms. The second-order valence-electron chi connectivity index (χ2n) is 7.36. The number of hydrogen-bond donors (Lipinski definition) is 1. The van der Waals surface area contributed by atoms with Gasteiger partial charge in [-0.3, -0.25) is 14.6 Å². The number of nitrogens with zero attached hydrogens (tertiary/aromatic N) is 3. The number of piperidine rings is 1. The van der Waals surface area contributed by atoms with Gasteiger partial charge in [0.2, 0.25) is 5.91 Å². The molecular weight excluding hydrogens is 344 g/mol. The number of primary amides is 1. The summed E-state index contributed by atoms with van der Waals surface area (Å²) >= 11 is 1.67. The standard InChI is InChI=1S/C20H26N4OS/c21-19(25)15-5-7-16(8-6-15)20-22-17(14-26-20)12-23-9-3-4-18(13-23)24-10-1-2-11-24/h5-8,14,18H,1-4,9-13H2,(H2,21,25). The number of amides is 1. The van der Waals surface area contributed by atoms with Crippen LogP contribution in [0.25, 0.3) is 10.6 Å². The molecule has 1 aromatic carbocycles. The Morgan fingerprint density at radius 2 is 1.92 bits per heavy atom. The van der Waals surface area contributed by atoms with Gasteiger partial charge in [0.15, 0.2) is 0 Å². The SMILES string of the molecule is NC(=O)c1ccc(-c2nc(CN3CCCC(N4CCCC4)C3)cs2)cc1. The van der Waals surface area contributed by atoms with Crippen LogP contribution in [-0.2, 0) is 6.54 Å². The van der Waals surface area contributed by atoms with Crippen LogP contribution in [0, 0.1) is 0 Å². The van der Waals surface area contributed by atoms with Crippen LogP contribution in [-0.4, -0.2) is 52.9 Å². The molecule has 0 radical (unpaired) electrons. The highest BCUT2D eigenvalue weighted by Gasteiger charge is 2.27. The third-order valence-electron chi connectivity index (χ3n) is 5.49. The van der Waals surface area contributed by atoms with Gasteiger partial charge in [-0.05, 0) is 57.5 Å². The molecule has 2 fully saturated rings. The fourth-order valence-corrected chi connectivity index (χ4v) is 4.91. The number of nitrogens with two attached hydrogens (primary N) is 1. The zero-order valence-corrected chi connectivity index (χ0v) is 15.9. The summed E-state index contributed by atoms with van der Waals surface area (Å²) in [6.45, 7) is 5.83. The van der Waals surface area contributed by atoms with Crippen LogP contribution in [0.1, 0.15) is 41.7 Å². The molecule has 0 aliphatic carbocycles. The third kappa shape index (κ3) is 3.98. The van der Waals surface area contributed by atoms with Gasteiger partial charge in [-0.15, -0.1) is 11.3 Å². The second kappa shape index (κ2) is 7.86. The number of carbonyl (C=O) groups excluding carboxylic acids is 1. The number of carbonyl (C=O) groups is 1. The Balaban J connectivity index is 1.39. The van der Waals surface area contributed by atoms with Gasteiger partial charge in [-0.1, -0.05) is 12.1 Å². The Labute approximate surface area is 158 Å². The van der Waals surface area contributed by atoms with Crippen LogP contribution < -0.4 is 5.73 Å². The lowest BCUT2D eigenvalue weighted by molar-refractivity contribution is 0.100. The van der Waals surface area contributed by atoms with Crippen molar-refractivity contribution in [1.29, 1.82) is 0 Å². The molecule has 1 amide bonds. The van der Waals surface area contributed by atoms with E-state index in [1.165, 1.54) is 51.9 Å². The Morgan fingerprint density at radius 1 is 1.15 bits per heavy atom. The summed E-state index contributed by atoms with van der Waals surface area (Å²) in [4.78, 5) is 21.3. The van der Waals surface area contributed by atoms with Gasteiger partial charge < -0.3 is 5.73 Å². The maximum Gasteiger partial charge on any atom is 0.248 e. The highest BCUT2D eigenvalue weighted by Crippen LogP contribution is 2.26. The molecule has 0 bridgehead atoms. The average Bonchev–Trinajstić information content (AvgIpc) is 3.34. The van der Waals surface area contributed by atoms with Crippen LogP contribution in [0.4, 0.5) is 0 Å². The second-order valence-corrected chi connectivity index (χ2v) is 8.22. The fourth-order valence-electron chi connectivity index (χ4n) is 4.10. The Bertz CT molecular complexity index is 751. The molecule has 6 heteroatoms. The lowest BCUT2D eigenvalue weighted by atomic mass is 10.0. The molecule has 5 nitrogen and oxygen atoms in total. The minimum atomic E-state index is -0.394. The molecule has 2 N–H and O–H groups in total. The average molecular weight is 371 g/mol. The van der Waals surface area contributed by atoms with Crippen molar-refractivity contribution in [2.24, 2.45) is 5.73 Å². The van der Waals surface area contributed by atoms with Gasteiger partial charge in [-0.2, -0.15) is 0 Å². The van der Waals surface area contributed by atoms with Gasteiger partial charge >= 0.3 is 0 Å². The maximum atomic E-state index is 11.2. The monoisotopic (exact) mass is 370 g/mol. The number of rotatable bonds is 5. The van der Waals surface area contributed by atoms with Crippen molar-refractivity contribution in [2.75, 3.05) is 26.2 Å². The topological polar surface area (TPSA) is 62.5 Å². The van der Waals surface area contributed by atoms with E-state index in [1.807, 2.05) is 12.1 Å². The largest absolute Gasteiger partial charge is 0.366 e. The van der Waals surface area contributed by atoms with E-state index in [9.17, 15) is 4.79 Å². The molecule has 138 valence electrons. The summed E-state index contributed by atoms with van der Waals surface area (Å²) in [6, 6.07) is 8.11. The van der Waals surface area contributed by atoms with Crippen molar-refractivity contribution in [3.63, 3.8) is 0 Å². The minimum absolute atomic E-state index is 0.394. The fraction of sp³-hybridized carbons (Fsp3) is 0.500. The van der Waals surface area contributed by atoms with Crippen molar-refractivity contribution in [3.05, 3.63) is 40.9 Å². The predicted molar refractivity (Wildman–Crippen MR) is 105 cm³/mol. The van der Waals surface area contributed by atoms with E-state index in [0.717, 1.165) is 28.9 Å². The van der Waals surface area contributed by atoms with E-state index in [4.69, 9.17) is 10.7 Å². The van der Waals surface area contributed by atoms with Crippen LogP contribution in [0.15, 0.2) is 29.6 Å². The zero-order chi connectivity index (χ0) is 17.9. The van der Waals surface area contributed by atoms with Crippen molar-refractivity contribution in [3.8, 4) is 10.6 Å². The molecule has 2 aliphatic rings. The Morgan fingerprint density at radius 3 is 2.65 bits per heavy atom. The van der Waals surface area contributed by atoms with E-state index >= 15 is 0 Å². The first-order valence-corrected chi connectivity index (χ1v) is 10.4. The van der Waals surface area contributed by atoms with Gasteiger partial charge in [0.05, 0.1) is 5.69 Å². The summed E-state index contributed by atoms with van der Waals surface area (Å²) in [7, 11) is 0. The van der Waals surface area contributed by atoms with Crippen LogP contribution in [0.2, 0.25) is 0 Å². The summed E-state index contributed by atoms with van der Waals surface area (Å²) in [6.07, 6.45) is 5.35. The lowest BCUT2D eigenvalue weighted by Crippen LogP contribution is -2.46. The van der Waals surface area contributed by atoms with E-state index in [1.54, 1.807) is 23.5 Å². The smallest absolute Gasteiger partial charge is 0.248 e. The molecule has 2 aliphatic heterocycles. The normalized spacial score (nSPS) is 21.9. The van der Waals surface area contributed by atoms with Crippen molar-refractivity contribution in [2.45, 2.75) is 38.3 Å². The first-order chi connectivity index (χ1) is 12.7. The highest BCUT2D eigenvalue weighted by molar-refractivity contribution is 7.13. The van der Waals surface area contributed by atoms with E-state index in [2.05, 4.69) is 15.2 Å². The Hall–Kier alpha value is -1.76. The van der Waals surface area contributed by atoms with Gasteiger partial charge in [-0.25, -0.2) is 4.98 Å². The first kappa shape index (κ1) is 17.6. The molecule has 0 saturated carbocycles. The third-order valence-corrected chi connectivity index (χ3v) is 6.43. The van der Waals surface area contributed by atoms with Crippen molar-refractivity contribution >= 4 is 17.2 Å². The van der Waals surface area contributed by atoms with Crippen LogP contribution in [0.3, 0.4) is 0 Å². The van der Waals surface area contributed by atoms with Crippen LogP contribution >= 0.6 is 11.3 Å². The first-order valence-electron chi connectivity index (χ1n) is 9.50. The zero-order valence-electron chi connectivity index (χ0n) is 15.1. The number of likely N-dealkylation sites (tertiary alicyclic amines) is 2. The maximum absolute atomic E-state index is 11.2. The molecule has 4 rings (SSSR count). The van der Waals surface area contributed by atoms with E-state index < -0.39 is 5.91 Å². The quantitative estimate of drug-likeness (QED) is 0.879. The van der Waals surface area contributed by atoms with Crippen molar-refractivity contribution in [1.82, 2.24) is 14.8 Å². The number of thiazole rings is 1. The number of aromatic nitrogens is 1. The molecule has 1 atom stereocenters. The van der Waals surface area contributed by atoms with E-state index in [0.29, 0.717) is 5.56 Å². The molecule has 2 saturated heterocycles. The molecule has 1 unspecified atom stereocenters. The molecule has 1 aromatic heterocycles. The predicted octanol–water partition coefficient (Wildman–Crippen LogP) is 2.97. The molecule has 0 spiro atoms. The number of hydrogen-bond acceptors (Lipinski definition) is 5. The summed E-state index contributed by atoms with van der Waals surface area (Å²) in [5.41, 5.74) is 8.03. The van der Waals surface area contributed by atoms with Gasteiger partial charge in [0, 0.05) is 35.6 Å². The molecular formula is C20H26N4OS. The van der Waals surface area contributed by atoms with Gasteiger partial charge in [0.1, 0.15) is 5.01 Å². The van der Waals surface area contributed by atoms with E-state index in [-0.39, 0.29) is 0 Å². The van der Waals surface area contributed by atoms with Crippen LogP contribution in [0.5, 0.6) is 0 Å². The van der Waals surface area contributed by atoms with Crippen molar-refractivity contribution < 1.29 is 4.79 Å². The minimum Gasteiger partial charge on any atom is -0.366 e. The lowest BCUT2D eigenvalue weighted by Gasteiger charge is -2.37. The van der Waals surface area contributed by atoms with Gasteiger partial charge in [0.25, 0.3) is 0 Å². The molecule has 2 aromatic rings. The summed E-state index contributed by atoms with van der Waals surface area (Å²) < 4.78 is 0. The summed E-state index contributed by atoms with van der Waals surface area (Å²) in [5.74, 6) is -0.394. The number of benzene rings is 1. The Kier molecular flexibility index (Phi) is 5.33. The highest BCUT2D eigenvalue weighted by atomic mass is 32.1. The summed E-state index contributed by atoms with van der Waals surface area (Å²) in [5, 5.41) is 3.17. The molecule has 3 heterocycles.